The Bertz CT molecular complexity index is 173. The molecular weight excluding hydrogens is 201 g/mol. The fourth-order valence-electron chi connectivity index (χ4n) is 2.43. The van der Waals surface area contributed by atoms with Gasteiger partial charge in [0.05, 0.1) is 0 Å². The molecule has 1 aliphatic rings. The second-order valence-electron chi connectivity index (χ2n) is 4.72. The van der Waals surface area contributed by atoms with Crippen molar-refractivity contribution in [1.29, 1.82) is 0 Å². The van der Waals surface area contributed by atoms with Gasteiger partial charge in [0.25, 0.3) is 0 Å². The van der Waals surface area contributed by atoms with Crippen LogP contribution in [-0.2, 0) is 3.79 Å². The quantitative estimate of drug-likeness (QED) is 0.647. The molecule has 0 saturated carbocycles. The zero-order chi connectivity index (χ0) is 11.3. The summed E-state index contributed by atoms with van der Waals surface area (Å²) in [7, 11) is 0. The molecule has 0 amide bonds. The van der Waals surface area contributed by atoms with E-state index < -0.39 is 14.5 Å². The van der Waals surface area contributed by atoms with Crippen LogP contribution in [0.25, 0.3) is 0 Å². The lowest BCUT2D eigenvalue weighted by Crippen LogP contribution is -2.30. The van der Waals surface area contributed by atoms with Gasteiger partial charge in [-0.3, -0.25) is 0 Å². The molecule has 0 N–H and O–H groups in total. The second kappa shape index (κ2) is 6.91. The van der Waals surface area contributed by atoms with Gasteiger partial charge in [0.1, 0.15) is 0 Å². The molecule has 2 atom stereocenters. The first-order valence-electron chi connectivity index (χ1n) is 6.59. The van der Waals surface area contributed by atoms with Gasteiger partial charge in [-0.05, 0) is 32.4 Å². The number of hydrogen-bond acceptors (Lipinski definition) is 2. The second-order valence-corrected chi connectivity index (χ2v) is 7.87. The topological polar surface area (TPSA) is 12.5 Å². The Hall–Kier alpha value is 0.452. The third-order valence-electron chi connectivity index (χ3n) is 3.74. The molecule has 1 saturated heterocycles. The average Bonchev–Trinajstić information content (AvgIpc) is 2.74. The van der Waals surface area contributed by atoms with Crippen LogP contribution in [0.1, 0.15) is 34.1 Å². The minimum Gasteiger partial charge on any atom is -0.498 e. The molecule has 0 radical (unpaired) electrons. The maximum Gasteiger partial charge on any atom is 0.460 e. The maximum absolute atomic E-state index is 6.24. The summed E-state index contributed by atoms with van der Waals surface area (Å²) in [6, 6.07) is 0. The summed E-state index contributed by atoms with van der Waals surface area (Å²) in [6.45, 7) is 12.8. The number of likely N-dealkylation sites (tertiary alicyclic amines) is 1. The lowest BCUT2D eigenvalue weighted by molar-refractivity contribution is 0.151. The van der Waals surface area contributed by atoms with E-state index in [0.717, 1.165) is 5.92 Å². The molecule has 1 fully saturated rings. The first-order valence-corrected chi connectivity index (χ1v) is 8.69. The van der Waals surface area contributed by atoms with Gasteiger partial charge in [-0.2, -0.15) is 0 Å². The molecule has 15 heavy (non-hydrogen) atoms. The van der Waals surface area contributed by atoms with E-state index in [1.165, 1.54) is 36.6 Å². The number of rotatable bonds is 6. The van der Waals surface area contributed by atoms with Gasteiger partial charge in [0.15, 0.2) is 0 Å². The lowest BCUT2D eigenvalue weighted by atomic mass is 10.0. The van der Waals surface area contributed by atoms with Crippen LogP contribution in [0.5, 0.6) is 0 Å². The van der Waals surface area contributed by atoms with Crippen molar-refractivity contribution in [1.82, 2.24) is 4.90 Å². The Labute approximate surface area is 99.7 Å². The summed E-state index contributed by atoms with van der Waals surface area (Å²) in [5.41, 5.74) is 0. The minimum absolute atomic E-state index is 0.498. The van der Waals surface area contributed by atoms with Crippen LogP contribution in [0.4, 0.5) is 0 Å². The summed E-state index contributed by atoms with van der Waals surface area (Å²) in [5, 5.41) is 2.57. The fourth-order valence-corrected chi connectivity index (χ4v) is 4.22. The molecule has 88 valence electrons. The molecule has 0 bridgehead atoms. The first kappa shape index (κ1) is 13.5. The van der Waals surface area contributed by atoms with E-state index in [0.29, 0.717) is 6.10 Å². The van der Waals surface area contributed by atoms with Crippen molar-refractivity contribution in [2.45, 2.75) is 50.8 Å². The van der Waals surface area contributed by atoms with Crippen LogP contribution in [-0.4, -0.2) is 45.1 Å². The molecule has 1 aliphatic heterocycles. The Morgan fingerprint density at radius 3 is 2.47 bits per heavy atom. The van der Waals surface area contributed by atoms with Crippen LogP contribution < -0.4 is 0 Å². The van der Waals surface area contributed by atoms with E-state index >= 15 is 0 Å². The predicted octanol–water partition coefficient (Wildman–Crippen LogP) is 2.76. The van der Waals surface area contributed by atoms with Crippen molar-refractivity contribution in [2.75, 3.05) is 19.6 Å². The Balaban J connectivity index is 2.31. The Morgan fingerprint density at radius 2 is 2.00 bits per heavy atom. The van der Waals surface area contributed by atoms with E-state index in [9.17, 15) is 0 Å². The zero-order valence-electron chi connectivity index (χ0n) is 10.8. The van der Waals surface area contributed by atoms with E-state index in [4.69, 9.17) is 3.79 Å². The molecule has 0 aromatic heterocycles. The van der Waals surface area contributed by atoms with E-state index in [2.05, 4.69) is 32.6 Å². The van der Waals surface area contributed by atoms with Gasteiger partial charge < -0.3 is 8.69 Å². The monoisotopic (exact) mass is 227 g/mol. The highest BCUT2D eigenvalue weighted by molar-refractivity contribution is 6.51. The van der Waals surface area contributed by atoms with Gasteiger partial charge in [-0.1, -0.05) is 31.3 Å². The van der Waals surface area contributed by atoms with Gasteiger partial charge >= 0.3 is 14.5 Å². The van der Waals surface area contributed by atoms with Crippen LogP contribution in [0.3, 0.4) is 0 Å². The molecule has 3 heteroatoms. The molecular formula is C12H26AlNO. The van der Waals surface area contributed by atoms with Gasteiger partial charge in [0.2, 0.25) is 0 Å². The number of hydrogen-bond donors (Lipinski definition) is 0. The first-order chi connectivity index (χ1) is 7.21. The summed E-state index contributed by atoms with van der Waals surface area (Å²) in [5.74, 6) is 0.790. The molecule has 1 heterocycles. The third-order valence-corrected chi connectivity index (χ3v) is 6.37. The molecule has 1 rings (SSSR count). The minimum atomic E-state index is -0.854. The smallest absolute Gasteiger partial charge is 0.460 e. The van der Waals surface area contributed by atoms with E-state index in [-0.39, 0.29) is 0 Å². The number of nitrogens with zero attached hydrogens (tertiary/aromatic N) is 1. The van der Waals surface area contributed by atoms with Crippen molar-refractivity contribution in [3.63, 3.8) is 0 Å². The standard InChI is InChI=1S/C8H16NO.2C2H5.Al/c1-3-9-5-4-8(6-9)7(2)10;2*1-2;/h7-8H,3-6H2,1-2H3;2*1H2,2H3;/q-1;;;+1. The zero-order valence-corrected chi connectivity index (χ0v) is 12.0. The summed E-state index contributed by atoms with van der Waals surface area (Å²) in [4.78, 5) is 2.54. The van der Waals surface area contributed by atoms with Crippen LogP contribution in [0.15, 0.2) is 0 Å². The molecule has 0 aliphatic carbocycles. The summed E-state index contributed by atoms with van der Waals surface area (Å²) in [6.07, 6.45) is 1.84. The highest BCUT2D eigenvalue weighted by Gasteiger charge is 2.28. The summed E-state index contributed by atoms with van der Waals surface area (Å²) < 4.78 is 6.24. The normalized spacial score (nSPS) is 24.4. The Morgan fingerprint density at radius 1 is 1.33 bits per heavy atom. The molecule has 0 aromatic carbocycles. The van der Waals surface area contributed by atoms with Crippen molar-refractivity contribution < 1.29 is 3.79 Å². The van der Waals surface area contributed by atoms with Gasteiger partial charge in [0, 0.05) is 12.6 Å². The van der Waals surface area contributed by atoms with Crippen LogP contribution in [0, 0.1) is 5.92 Å². The molecule has 2 nitrogen and oxygen atoms in total. The van der Waals surface area contributed by atoms with Gasteiger partial charge in [-0.15, -0.1) is 0 Å². The Kier molecular flexibility index (Phi) is 6.23. The predicted molar refractivity (Wildman–Crippen MR) is 67.5 cm³/mol. The molecule has 0 aromatic rings. The largest absolute Gasteiger partial charge is 0.498 e. The maximum atomic E-state index is 6.24. The highest BCUT2D eigenvalue weighted by Crippen LogP contribution is 2.22. The van der Waals surface area contributed by atoms with Crippen molar-refractivity contribution in [3.8, 4) is 0 Å². The van der Waals surface area contributed by atoms with E-state index in [1.807, 2.05) is 0 Å². The lowest BCUT2D eigenvalue weighted by Gasteiger charge is -2.24. The molecule has 2 unspecified atom stereocenters. The van der Waals surface area contributed by atoms with E-state index in [1.54, 1.807) is 0 Å². The SMILES string of the molecule is CCN1CCC(C(C)[O][Al]([CH2]C)[CH2]C)C1. The average molecular weight is 227 g/mol. The third kappa shape index (κ3) is 4.07. The summed E-state index contributed by atoms with van der Waals surface area (Å²) >= 11 is -0.854. The van der Waals surface area contributed by atoms with Crippen molar-refractivity contribution in [2.24, 2.45) is 5.92 Å². The fraction of sp³-hybridized carbons (Fsp3) is 1.00. The van der Waals surface area contributed by atoms with Crippen LogP contribution in [0.2, 0.25) is 10.6 Å². The van der Waals surface area contributed by atoms with Crippen molar-refractivity contribution in [3.05, 3.63) is 0 Å². The van der Waals surface area contributed by atoms with Gasteiger partial charge in [-0.25, -0.2) is 0 Å². The van der Waals surface area contributed by atoms with Crippen LogP contribution >= 0.6 is 0 Å². The highest BCUT2D eigenvalue weighted by atomic mass is 27.2. The molecule has 0 spiro atoms. The van der Waals surface area contributed by atoms with Crippen molar-refractivity contribution >= 4 is 14.5 Å².